The number of carbonyl (C=O) groups excluding carboxylic acids is 2. The van der Waals surface area contributed by atoms with Crippen LogP contribution in [0.2, 0.25) is 5.02 Å². The molecule has 0 radical (unpaired) electrons. The van der Waals surface area contributed by atoms with Crippen LogP contribution >= 0.6 is 11.6 Å². The van der Waals surface area contributed by atoms with Crippen LogP contribution in [0.1, 0.15) is 18.1 Å². The number of benzene rings is 2. The van der Waals surface area contributed by atoms with Gasteiger partial charge in [0.05, 0.1) is 10.5 Å². The predicted octanol–water partition coefficient (Wildman–Crippen LogP) is 3.77. The van der Waals surface area contributed by atoms with Crippen LogP contribution in [0.15, 0.2) is 48.2 Å². The third-order valence-corrected chi connectivity index (χ3v) is 4.79. The van der Waals surface area contributed by atoms with E-state index in [1.807, 2.05) is 0 Å². The van der Waals surface area contributed by atoms with Crippen molar-refractivity contribution in [2.45, 2.75) is 13.8 Å². The molecule has 1 aliphatic heterocycles. The van der Waals surface area contributed by atoms with E-state index in [0.29, 0.717) is 16.3 Å². The van der Waals surface area contributed by atoms with E-state index >= 15 is 0 Å². The van der Waals surface area contributed by atoms with Crippen LogP contribution in [0.5, 0.6) is 0 Å². The van der Waals surface area contributed by atoms with Crippen LogP contribution in [0.25, 0.3) is 5.57 Å². The number of nitro benzene ring substituents is 1. The molecule has 0 bridgehead atoms. The summed E-state index contributed by atoms with van der Waals surface area (Å²) >= 11 is 6.14. The highest BCUT2D eigenvalue weighted by Crippen LogP contribution is 2.33. The van der Waals surface area contributed by atoms with E-state index in [0.717, 1.165) is 10.5 Å². The first-order chi connectivity index (χ1) is 12.8. The van der Waals surface area contributed by atoms with Gasteiger partial charge in [0.1, 0.15) is 5.70 Å². The van der Waals surface area contributed by atoms with Crippen LogP contribution < -0.4 is 5.32 Å². The first kappa shape index (κ1) is 18.6. The molecule has 2 aromatic rings. The molecule has 1 N–H and O–H groups in total. The standard InChI is InChI=1S/C19H16ClN3O4/c1-3-22-18(24)16(12-7-9-13(10-8-12)23(26)27)17(19(22)25)21-15-6-4-5-14(20)11(15)2/h4-10,21H,3H2,1-2H3. The Bertz CT molecular complexity index is 983. The van der Waals surface area contributed by atoms with Crippen molar-refractivity contribution < 1.29 is 14.5 Å². The van der Waals surface area contributed by atoms with E-state index in [-0.39, 0.29) is 23.5 Å². The van der Waals surface area contributed by atoms with Crippen LogP contribution in [0.4, 0.5) is 11.4 Å². The van der Waals surface area contributed by atoms with Gasteiger partial charge < -0.3 is 5.32 Å². The fourth-order valence-electron chi connectivity index (χ4n) is 2.87. The molecule has 3 rings (SSSR count). The summed E-state index contributed by atoms with van der Waals surface area (Å²) in [4.78, 5) is 37.0. The molecule has 0 aromatic heterocycles. The van der Waals surface area contributed by atoms with Gasteiger partial charge in [0, 0.05) is 29.4 Å². The van der Waals surface area contributed by atoms with Crippen molar-refractivity contribution in [3.63, 3.8) is 0 Å². The van der Waals surface area contributed by atoms with Crippen LogP contribution in [-0.4, -0.2) is 28.2 Å². The number of non-ortho nitro benzene ring substituents is 1. The lowest BCUT2D eigenvalue weighted by molar-refractivity contribution is -0.384. The second kappa shape index (κ2) is 7.20. The summed E-state index contributed by atoms with van der Waals surface area (Å²) in [6.07, 6.45) is 0. The van der Waals surface area contributed by atoms with Gasteiger partial charge in [-0.05, 0) is 49.2 Å². The molecule has 0 saturated carbocycles. The van der Waals surface area contributed by atoms with Crippen molar-refractivity contribution in [1.29, 1.82) is 0 Å². The van der Waals surface area contributed by atoms with E-state index in [9.17, 15) is 19.7 Å². The number of hydrogen-bond donors (Lipinski definition) is 1. The average Bonchev–Trinajstić information content (AvgIpc) is 2.88. The van der Waals surface area contributed by atoms with E-state index in [1.54, 1.807) is 32.0 Å². The maximum absolute atomic E-state index is 12.8. The van der Waals surface area contributed by atoms with Crippen LogP contribution in [0.3, 0.4) is 0 Å². The number of amides is 2. The SMILES string of the molecule is CCN1C(=O)C(Nc2cccc(Cl)c2C)=C(c2ccc([N+](=O)[O-])cc2)C1=O. The minimum Gasteiger partial charge on any atom is -0.350 e. The first-order valence-corrected chi connectivity index (χ1v) is 8.60. The van der Waals surface area contributed by atoms with Crippen molar-refractivity contribution in [3.05, 3.63) is 74.4 Å². The van der Waals surface area contributed by atoms with Gasteiger partial charge in [-0.25, -0.2) is 0 Å². The third kappa shape index (κ3) is 3.29. The van der Waals surface area contributed by atoms with Gasteiger partial charge in [-0.1, -0.05) is 17.7 Å². The zero-order chi connectivity index (χ0) is 19.7. The third-order valence-electron chi connectivity index (χ3n) is 4.38. The van der Waals surface area contributed by atoms with Crippen molar-refractivity contribution in [1.82, 2.24) is 4.90 Å². The topological polar surface area (TPSA) is 92.6 Å². The number of carbonyl (C=O) groups is 2. The van der Waals surface area contributed by atoms with Crippen LogP contribution in [0, 0.1) is 17.0 Å². The maximum Gasteiger partial charge on any atom is 0.278 e. The lowest BCUT2D eigenvalue weighted by atomic mass is 10.0. The van der Waals surface area contributed by atoms with Gasteiger partial charge in [-0.15, -0.1) is 0 Å². The van der Waals surface area contributed by atoms with Gasteiger partial charge in [0.25, 0.3) is 17.5 Å². The number of rotatable bonds is 5. The smallest absolute Gasteiger partial charge is 0.278 e. The summed E-state index contributed by atoms with van der Waals surface area (Å²) in [6, 6.07) is 10.8. The van der Waals surface area contributed by atoms with Crippen molar-refractivity contribution >= 4 is 40.4 Å². The number of imide groups is 1. The molecule has 2 amide bonds. The summed E-state index contributed by atoms with van der Waals surface area (Å²) in [5.74, 6) is -0.895. The fourth-order valence-corrected chi connectivity index (χ4v) is 3.05. The van der Waals surface area contributed by atoms with Crippen LogP contribution in [-0.2, 0) is 9.59 Å². The zero-order valence-electron chi connectivity index (χ0n) is 14.7. The average molecular weight is 386 g/mol. The summed E-state index contributed by atoms with van der Waals surface area (Å²) < 4.78 is 0. The fraction of sp³-hybridized carbons (Fsp3) is 0.158. The van der Waals surface area contributed by atoms with Gasteiger partial charge >= 0.3 is 0 Å². The number of hydrogen-bond acceptors (Lipinski definition) is 5. The number of nitrogens with one attached hydrogen (secondary N) is 1. The zero-order valence-corrected chi connectivity index (χ0v) is 15.4. The molecule has 0 atom stereocenters. The lowest BCUT2D eigenvalue weighted by Crippen LogP contribution is -2.32. The van der Waals surface area contributed by atoms with Crippen molar-refractivity contribution in [3.8, 4) is 0 Å². The Balaban J connectivity index is 2.11. The monoisotopic (exact) mass is 385 g/mol. The molecule has 7 nitrogen and oxygen atoms in total. The molecule has 1 heterocycles. The van der Waals surface area contributed by atoms with E-state index in [4.69, 9.17) is 11.6 Å². The molecule has 0 saturated heterocycles. The number of likely N-dealkylation sites (N-methyl/N-ethyl adjacent to an activating group) is 1. The molecule has 0 spiro atoms. The summed E-state index contributed by atoms with van der Waals surface area (Å²) in [7, 11) is 0. The molecule has 8 heteroatoms. The first-order valence-electron chi connectivity index (χ1n) is 8.22. The quantitative estimate of drug-likeness (QED) is 0.480. The Morgan fingerprint density at radius 3 is 2.37 bits per heavy atom. The Morgan fingerprint density at radius 2 is 1.78 bits per heavy atom. The summed E-state index contributed by atoms with van der Waals surface area (Å²) in [5, 5.41) is 14.4. The Hall–Kier alpha value is -3.19. The largest absolute Gasteiger partial charge is 0.350 e. The number of halogens is 1. The van der Waals surface area contributed by atoms with Crippen molar-refractivity contribution in [2.24, 2.45) is 0 Å². The Morgan fingerprint density at radius 1 is 1.11 bits per heavy atom. The Kier molecular flexibility index (Phi) is 4.96. The van der Waals surface area contributed by atoms with Crippen molar-refractivity contribution in [2.75, 3.05) is 11.9 Å². The van der Waals surface area contributed by atoms with E-state index < -0.39 is 16.7 Å². The van der Waals surface area contributed by atoms with Gasteiger partial charge in [-0.2, -0.15) is 0 Å². The molecule has 0 fully saturated rings. The molecular formula is C19H16ClN3O4. The molecule has 0 unspecified atom stereocenters. The maximum atomic E-state index is 12.8. The predicted molar refractivity (Wildman–Crippen MR) is 102 cm³/mol. The van der Waals surface area contributed by atoms with E-state index in [1.165, 1.54) is 24.3 Å². The van der Waals surface area contributed by atoms with Gasteiger partial charge in [0.2, 0.25) is 0 Å². The molecule has 27 heavy (non-hydrogen) atoms. The number of anilines is 1. The molecule has 1 aliphatic rings. The lowest BCUT2D eigenvalue weighted by Gasteiger charge is -2.13. The molecular weight excluding hydrogens is 370 g/mol. The molecule has 138 valence electrons. The highest BCUT2D eigenvalue weighted by molar-refractivity contribution is 6.36. The second-order valence-corrected chi connectivity index (χ2v) is 6.35. The summed E-state index contributed by atoms with van der Waals surface area (Å²) in [5.41, 5.74) is 1.99. The highest BCUT2D eigenvalue weighted by Gasteiger charge is 2.38. The van der Waals surface area contributed by atoms with Gasteiger partial charge in [0.15, 0.2) is 0 Å². The molecule has 2 aromatic carbocycles. The second-order valence-electron chi connectivity index (χ2n) is 5.95. The number of nitro groups is 1. The minimum atomic E-state index is -0.521. The normalized spacial score (nSPS) is 14.1. The van der Waals surface area contributed by atoms with Gasteiger partial charge in [-0.3, -0.25) is 24.6 Å². The molecule has 0 aliphatic carbocycles. The van der Waals surface area contributed by atoms with E-state index in [2.05, 4.69) is 5.32 Å². The minimum absolute atomic E-state index is 0.0938. The summed E-state index contributed by atoms with van der Waals surface area (Å²) in [6.45, 7) is 3.72. The highest BCUT2D eigenvalue weighted by atomic mass is 35.5. The number of nitrogens with zero attached hydrogens (tertiary/aromatic N) is 2. The Labute approximate surface area is 160 Å².